The van der Waals surface area contributed by atoms with Crippen molar-refractivity contribution in [1.82, 2.24) is 4.90 Å². The number of hydrogen-bond acceptors (Lipinski definition) is 2. The number of rotatable bonds is 9. The molecule has 1 heterocycles. The Labute approximate surface area is 190 Å². The molecule has 2 nitrogen and oxygen atoms in total. The summed E-state index contributed by atoms with van der Waals surface area (Å²) >= 11 is 0. The van der Waals surface area contributed by atoms with Gasteiger partial charge in [0, 0.05) is 5.69 Å². The van der Waals surface area contributed by atoms with Crippen LogP contribution in [0.2, 0.25) is 0 Å². The van der Waals surface area contributed by atoms with E-state index in [0.717, 1.165) is 50.1 Å². The summed E-state index contributed by atoms with van der Waals surface area (Å²) in [5, 5.41) is 3.59. The lowest BCUT2D eigenvalue weighted by Gasteiger charge is -2.37. The van der Waals surface area contributed by atoms with E-state index < -0.39 is 0 Å². The second-order valence-electron chi connectivity index (χ2n) is 8.80. The average molecular weight is 435 g/mol. The predicted molar refractivity (Wildman–Crippen MR) is 128 cm³/mol. The minimum atomic E-state index is -0.241. The molecule has 1 fully saturated rings. The van der Waals surface area contributed by atoms with E-state index in [0.29, 0.717) is 5.92 Å². The van der Waals surface area contributed by atoms with Crippen molar-refractivity contribution in [2.75, 3.05) is 25.0 Å². The van der Waals surface area contributed by atoms with Crippen LogP contribution >= 0.6 is 0 Å². The van der Waals surface area contributed by atoms with Crippen LogP contribution in [-0.2, 0) is 6.42 Å². The van der Waals surface area contributed by atoms with Gasteiger partial charge in [0.2, 0.25) is 0 Å². The molecule has 1 N–H and O–H groups in total. The summed E-state index contributed by atoms with van der Waals surface area (Å²) in [7, 11) is 0. The van der Waals surface area contributed by atoms with E-state index in [-0.39, 0.29) is 17.7 Å². The first kappa shape index (κ1) is 22.5. The smallest absolute Gasteiger partial charge is 0.123 e. The number of unbranched alkanes of at least 4 members (excludes halogenated alkanes) is 1. The van der Waals surface area contributed by atoms with Crippen molar-refractivity contribution in [2.24, 2.45) is 5.92 Å². The highest BCUT2D eigenvalue weighted by atomic mass is 19.1. The molecule has 3 aromatic carbocycles. The third-order valence-corrected chi connectivity index (χ3v) is 6.53. The molecule has 0 aromatic heterocycles. The molecule has 1 unspecified atom stereocenters. The Morgan fingerprint density at radius 3 is 2.06 bits per heavy atom. The largest absolute Gasteiger partial charge is 0.378 e. The molecule has 0 bridgehead atoms. The van der Waals surface area contributed by atoms with Crippen molar-refractivity contribution < 1.29 is 8.78 Å². The molecule has 3 aromatic rings. The maximum atomic E-state index is 13.5. The number of piperidine rings is 1. The predicted octanol–water partition coefficient (Wildman–Crippen LogP) is 6.85. The van der Waals surface area contributed by atoms with Gasteiger partial charge in [0.1, 0.15) is 11.6 Å². The van der Waals surface area contributed by atoms with Crippen molar-refractivity contribution in [3.05, 3.63) is 102 Å². The Morgan fingerprint density at radius 1 is 0.781 bits per heavy atom. The normalized spacial score (nSPS) is 16.1. The average Bonchev–Trinajstić information content (AvgIpc) is 2.83. The van der Waals surface area contributed by atoms with Gasteiger partial charge in [0.05, 0.1) is 6.04 Å². The van der Waals surface area contributed by atoms with Crippen LogP contribution < -0.4 is 5.32 Å². The van der Waals surface area contributed by atoms with Gasteiger partial charge in [-0.2, -0.15) is 0 Å². The van der Waals surface area contributed by atoms with Crippen LogP contribution in [0.4, 0.5) is 14.5 Å². The van der Waals surface area contributed by atoms with E-state index in [1.807, 2.05) is 12.1 Å². The summed E-state index contributed by atoms with van der Waals surface area (Å²) in [4.78, 5) is 2.57. The summed E-state index contributed by atoms with van der Waals surface area (Å²) in [6.07, 6.45) is 5.76. The van der Waals surface area contributed by atoms with Gasteiger partial charge in [-0.3, -0.25) is 0 Å². The molecule has 0 amide bonds. The van der Waals surface area contributed by atoms with Crippen molar-refractivity contribution in [3.8, 4) is 0 Å². The molecule has 168 valence electrons. The lowest BCUT2D eigenvalue weighted by molar-refractivity contribution is 0.170. The van der Waals surface area contributed by atoms with E-state index in [9.17, 15) is 8.78 Å². The van der Waals surface area contributed by atoms with E-state index >= 15 is 0 Å². The molecule has 4 heteroatoms. The number of nitrogens with one attached hydrogen (secondary N) is 1. The summed E-state index contributed by atoms with van der Waals surface area (Å²) in [5.74, 6) is -0.0138. The number of likely N-dealkylation sites (tertiary alicyclic amines) is 1. The first-order chi connectivity index (χ1) is 15.7. The summed E-state index contributed by atoms with van der Waals surface area (Å²) in [5.41, 5.74) is 3.39. The van der Waals surface area contributed by atoms with Crippen LogP contribution in [0.5, 0.6) is 0 Å². The zero-order valence-corrected chi connectivity index (χ0v) is 18.5. The van der Waals surface area contributed by atoms with Crippen LogP contribution in [-0.4, -0.2) is 24.5 Å². The minimum absolute atomic E-state index is 0.0845. The molecule has 1 atom stereocenters. The fraction of sp³-hybridized carbons (Fsp3) is 0.357. The third-order valence-electron chi connectivity index (χ3n) is 6.53. The number of benzene rings is 3. The Kier molecular flexibility index (Phi) is 7.89. The SMILES string of the molecule is Fc1ccc(NC(c2ccc(F)cc2)C2CCN(CCCCc3ccccc3)CC2)cc1. The monoisotopic (exact) mass is 434 g/mol. The van der Waals surface area contributed by atoms with Crippen molar-refractivity contribution in [2.45, 2.75) is 38.1 Å². The topological polar surface area (TPSA) is 15.3 Å². The molecular weight excluding hydrogens is 402 g/mol. The van der Waals surface area contributed by atoms with Crippen molar-refractivity contribution in [1.29, 1.82) is 0 Å². The van der Waals surface area contributed by atoms with Crippen molar-refractivity contribution >= 4 is 5.69 Å². The van der Waals surface area contributed by atoms with Gasteiger partial charge >= 0.3 is 0 Å². The molecular formula is C28H32F2N2. The van der Waals surface area contributed by atoms with Crippen LogP contribution in [0.1, 0.15) is 42.9 Å². The summed E-state index contributed by atoms with van der Waals surface area (Å²) < 4.78 is 26.8. The lowest BCUT2D eigenvalue weighted by Crippen LogP contribution is -2.37. The van der Waals surface area contributed by atoms with E-state index in [1.165, 1.54) is 42.7 Å². The van der Waals surface area contributed by atoms with Gasteiger partial charge in [0.15, 0.2) is 0 Å². The standard InChI is InChI=1S/C28H32F2N2/c29-25-11-9-23(10-12-25)28(31-27-15-13-26(30)14-16-27)24-17-20-32(21-18-24)19-5-4-8-22-6-2-1-3-7-22/h1-3,6-7,9-16,24,28,31H,4-5,8,17-21H2. The number of halogens is 2. The van der Waals surface area contributed by atoms with E-state index in [1.54, 1.807) is 12.1 Å². The maximum absolute atomic E-state index is 13.5. The molecule has 1 aliphatic heterocycles. The van der Waals surface area contributed by atoms with Gasteiger partial charge in [-0.05, 0) is 105 Å². The highest BCUT2D eigenvalue weighted by Gasteiger charge is 2.27. The molecule has 0 saturated carbocycles. The highest BCUT2D eigenvalue weighted by molar-refractivity contribution is 5.46. The van der Waals surface area contributed by atoms with Gasteiger partial charge in [-0.25, -0.2) is 8.78 Å². The van der Waals surface area contributed by atoms with Gasteiger partial charge in [0.25, 0.3) is 0 Å². The highest BCUT2D eigenvalue weighted by Crippen LogP contribution is 2.34. The number of nitrogens with zero attached hydrogens (tertiary/aromatic N) is 1. The minimum Gasteiger partial charge on any atom is -0.378 e. The van der Waals surface area contributed by atoms with Crippen LogP contribution in [0.25, 0.3) is 0 Å². The van der Waals surface area contributed by atoms with Crippen LogP contribution in [0, 0.1) is 17.6 Å². The van der Waals surface area contributed by atoms with Crippen LogP contribution in [0.15, 0.2) is 78.9 Å². The number of hydrogen-bond donors (Lipinski definition) is 1. The molecule has 0 aliphatic carbocycles. The Morgan fingerprint density at radius 2 is 1.41 bits per heavy atom. The molecule has 32 heavy (non-hydrogen) atoms. The Balaban J connectivity index is 1.31. The van der Waals surface area contributed by atoms with Gasteiger partial charge in [-0.15, -0.1) is 0 Å². The van der Waals surface area contributed by atoms with Crippen molar-refractivity contribution in [3.63, 3.8) is 0 Å². The third kappa shape index (κ3) is 6.39. The summed E-state index contributed by atoms with van der Waals surface area (Å²) in [6, 6.07) is 24.1. The second kappa shape index (κ2) is 11.2. The van der Waals surface area contributed by atoms with E-state index in [2.05, 4.69) is 40.5 Å². The zero-order valence-electron chi connectivity index (χ0n) is 18.5. The summed E-state index contributed by atoms with van der Waals surface area (Å²) in [6.45, 7) is 3.31. The molecule has 4 rings (SSSR count). The number of aryl methyl sites for hydroxylation is 1. The molecule has 1 saturated heterocycles. The Bertz CT molecular complexity index is 933. The maximum Gasteiger partial charge on any atom is 0.123 e. The fourth-order valence-electron chi connectivity index (χ4n) is 4.69. The first-order valence-electron chi connectivity index (χ1n) is 11.7. The number of anilines is 1. The Hall–Kier alpha value is -2.72. The molecule has 0 spiro atoms. The lowest BCUT2D eigenvalue weighted by atomic mass is 9.85. The quantitative estimate of drug-likeness (QED) is 0.370. The zero-order chi connectivity index (χ0) is 22.2. The van der Waals surface area contributed by atoms with Gasteiger partial charge < -0.3 is 10.2 Å². The van der Waals surface area contributed by atoms with E-state index in [4.69, 9.17) is 0 Å². The fourth-order valence-corrected chi connectivity index (χ4v) is 4.69. The second-order valence-corrected chi connectivity index (χ2v) is 8.80. The van der Waals surface area contributed by atoms with Gasteiger partial charge in [-0.1, -0.05) is 42.5 Å². The molecule has 0 radical (unpaired) electrons. The first-order valence-corrected chi connectivity index (χ1v) is 11.7. The molecule has 1 aliphatic rings. The van der Waals surface area contributed by atoms with Crippen LogP contribution in [0.3, 0.4) is 0 Å².